The molecule has 0 atom stereocenters. The summed E-state index contributed by atoms with van der Waals surface area (Å²) < 4.78 is 23.2. The second kappa shape index (κ2) is 11.0. The SMILES string of the molecule is COc1ccc(/C=C/C(=O)OCC(=O)NCCSc2ccccc2)cc1F. The number of amides is 1. The fourth-order valence-corrected chi connectivity index (χ4v) is 2.85. The highest BCUT2D eigenvalue weighted by Gasteiger charge is 2.05. The molecule has 5 nitrogen and oxygen atoms in total. The Morgan fingerprint density at radius 2 is 1.96 bits per heavy atom. The third-order valence-corrected chi connectivity index (χ3v) is 4.38. The molecule has 27 heavy (non-hydrogen) atoms. The van der Waals surface area contributed by atoms with Crippen molar-refractivity contribution in [3.63, 3.8) is 0 Å². The van der Waals surface area contributed by atoms with E-state index in [-0.39, 0.29) is 18.3 Å². The third-order valence-electron chi connectivity index (χ3n) is 3.37. The summed E-state index contributed by atoms with van der Waals surface area (Å²) in [5, 5.41) is 2.68. The molecule has 0 aromatic heterocycles. The van der Waals surface area contributed by atoms with Crippen molar-refractivity contribution in [1.29, 1.82) is 0 Å². The molecule has 2 rings (SSSR count). The van der Waals surface area contributed by atoms with Gasteiger partial charge in [0.05, 0.1) is 7.11 Å². The predicted molar refractivity (Wildman–Crippen MR) is 103 cm³/mol. The summed E-state index contributed by atoms with van der Waals surface area (Å²) in [4.78, 5) is 24.4. The zero-order valence-electron chi connectivity index (χ0n) is 14.8. The van der Waals surface area contributed by atoms with Crippen LogP contribution in [0.4, 0.5) is 4.39 Å². The van der Waals surface area contributed by atoms with E-state index in [9.17, 15) is 14.0 Å². The van der Waals surface area contributed by atoms with Gasteiger partial charge in [-0.2, -0.15) is 0 Å². The van der Waals surface area contributed by atoms with Gasteiger partial charge in [0.1, 0.15) is 0 Å². The minimum Gasteiger partial charge on any atom is -0.494 e. The molecule has 0 radical (unpaired) electrons. The van der Waals surface area contributed by atoms with Crippen LogP contribution in [-0.2, 0) is 14.3 Å². The Labute approximate surface area is 161 Å². The second-order valence-corrected chi connectivity index (χ2v) is 6.51. The van der Waals surface area contributed by atoms with E-state index in [1.807, 2.05) is 30.3 Å². The summed E-state index contributed by atoms with van der Waals surface area (Å²) >= 11 is 1.62. The molecule has 2 aromatic carbocycles. The number of rotatable bonds is 9. The molecule has 1 amide bonds. The van der Waals surface area contributed by atoms with Crippen LogP contribution in [0.3, 0.4) is 0 Å². The number of benzene rings is 2. The van der Waals surface area contributed by atoms with E-state index < -0.39 is 11.8 Å². The quantitative estimate of drug-likeness (QED) is 0.309. The summed E-state index contributed by atoms with van der Waals surface area (Å²) in [6.45, 7) is 0.104. The van der Waals surface area contributed by atoms with E-state index in [1.54, 1.807) is 17.8 Å². The van der Waals surface area contributed by atoms with Crippen LogP contribution in [0, 0.1) is 5.82 Å². The maximum Gasteiger partial charge on any atom is 0.331 e. The molecule has 1 N–H and O–H groups in total. The summed E-state index contributed by atoms with van der Waals surface area (Å²) in [6.07, 6.45) is 2.54. The first-order valence-corrected chi connectivity index (χ1v) is 9.20. The van der Waals surface area contributed by atoms with Crippen LogP contribution in [0.5, 0.6) is 5.75 Å². The fraction of sp³-hybridized carbons (Fsp3) is 0.200. The van der Waals surface area contributed by atoms with Crippen LogP contribution >= 0.6 is 11.8 Å². The van der Waals surface area contributed by atoms with Crippen molar-refractivity contribution < 1.29 is 23.5 Å². The van der Waals surface area contributed by atoms with E-state index >= 15 is 0 Å². The molecule has 7 heteroatoms. The zero-order valence-corrected chi connectivity index (χ0v) is 15.6. The first-order chi connectivity index (χ1) is 13.1. The van der Waals surface area contributed by atoms with Crippen LogP contribution in [0.25, 0.3) is 6.08 Å². The number of ether oxygens (including phenoxy) is 2. The molecule has 0 bridgehead atoms. The van der Waals surface area contributed by atoms with Crippen molar-refractivity contribution >= 4 is 29.7 Å². The molecule has 0 aliphatic heterocycles. The minimum absolute atomic E-state index is 0.122. The van der Waals surface area contributed by atoms with Crippen LogP contribution in [0.15, 0.2) is 59.5 Å². The molecule has 0 fully saturated rings. The lowest BCUT2D eigenvalue weighted by atomic mass is 10.2. The molecule has 0 heterocycles. The van der Waals surface area contributed by atoms with Gasteiger partial charge in [0.25, 0.3) is 5.91 Å². The predicted octanol–water partition coefficient (Wildman–Crippen LogP) is 3.30. The zero-order chi connectivity index (χ0) is 19.5. The van der Waals surface area contributed by atoms with Crippen molar-refractivity contribution in [2.75, 3.05) is 26.0 Å². The number of esters is 1. The standard InChI is InChI=1S/C20H20FNO4S/c1-25-18-9-7-15(13-17(18)21)8-10-20(24)26-14-19(23)22-11-12-27-16-5-3-2-4-6-16/h2-10,13H,11-12,14H2,1H3,(H,22,23)/b10-8+. The van der Waals surface area contributed by atoms with Gasteiger partial charge >= 0.3 is 5.97 Å². The van der Waals surface area contributed by atoms with Gasteiger partial charge in [-0.15, -0.1) is 11.8 Å². The lowest BCUT2D eigenvalue weighted by molar-refractivity contribution is -0.143. The van der Waals surface area contributed by atoms with Gasteiger partial charge in [0, 0.05) is 23.3 Å². The van der Waals surface area contributed by atoms with Crippen LogP contribution < -0.4 is 10.1 Å². The van der Waals surface area contributed by atoms with E-state index in [0.717, 1.165) is 11.0 Å². The van der Waals surface area contributed by atoms with Gasteiger partial charge in [-0.05, 0) is 35.9 Å². The van der Waals surface area contributed by atoms with E-state index in [4.69, 9.17) is 9.47 Å². The number of carbonyl (C=O) groups excluding carboxylic acids is 2. The Hall–Kier alpha value is -2.80. The van der Waals surface area contributed by atoms with Gasteiger partial charge < -0.3 is 14.8 Å². The third kappa shape index (κ3) is 7.53. The molecule has 0 saturated carbocycles. The molecule has 0 spiro atoms. The van der Waals surface area contributed by atoms with Crippen LogP contribution in [-0.4, -0.2) is 37.9 Å². The molecule has 0 aliphatic rings. The molecular weight excluding hydrogens is 369 g/mol. The summed E-state index contributed by atoms with van der Waals surface area (Å²) in [5.74, 6) is -0.745. The molecule has 2 aromatic rings. The summed E-state index contributed by atoms with van der Waals surface area (Å²) in [6, 6.07) is 14.1. The number of hydrogen-bond acceptors (Lipinski definition) is 5. The highest BCUT2D eigenvalue weighted by atomic mass is 32.2. The normalized spacial score (nSPS) is 10.6. The van der Waals surface area contributed by atoms with Crippen LogP contribution in [0.1, 0.15) is 5.56 Å². The largest absolute Gasteiger partial charge is 0.494 e. The number of methoxy groups -OCH3 is 1. The molecule has 0 aliphatic carbocycles. The van der Waals surface area contributed by atoms with Crippen molar-refractivity contribution in [3.05, 3.63) is 66.0 Å². The molecule has 142 valence electrons. The second-order valence-electron chi connectivity index (χ2n) is 5.35. The van der Waals surface area contributed by atoms with Crippen molar-refractivity contribution in [3.8, 4) is 5.75 Å². The monoisotopic (exact) mass is 389 g/mol. The lowest BCUT2D eigenvalue weighted by Crippen LogP contribution is -2.30. The average molecular weight is 389 g/mol. The number of thioether (sulfide) groups is 1. The Kier molecular flexibility index (Phi) is 8.38. The van der Waals surface area contributed by atoms with Crippen molar-refractivity contribution in [2.24, 2.45) is 0 Å². The molecule has 0 unspecified atom stereocenters. The number of carbonyl (C=O) groups is 2. The molecule has 0 saturated heterocycles. The Bertz CT molecular complexity index is 796. The molecular formula is C20H20FNO4S. The number of hydrogen-bond donors (Lipinski definition) is 1. The van der Waals surface area contributed by atoms with Crippen molar-refractivity contribution in [1.82, 2.24) is 5.32 Å². The maximum atomic E-state index is 13.6. The fourth-order valence-electron chi connectivity index (χ4n) is 2.06. The maximum absolute atomic E-state index is 13.6. The minimum atomic E-state index is -0.681. The highest BCUT2D eigenvalue weighted by molar-refractivity contribution is 7.99. The van der Waals surface area contributed by atoms with Gasteiger partial charge in [0.15, 0.2) is 18.2 Å². The van der Waals surface area contributed by atoms with Gasteiger partial charge in [-0.1, -0.05) is 24.3 Å². The van der Waals surface area contributed by atoms with Gasteiger partial charge in [0.2, 0.25) is 0 Å². The summed E-state index contributed by atoms with van der Waals surface area (Å²) in [5.41, 5.74) is 0.479. The number of nitrogens with one attached hydrogen (secondary N) is 1. The van der Waals surface area contributed by atoms with E-state index in [2.05, 4.69) is 5.32 Å². The highest BCUT2D eigenvalue weighted by Crippen LogP contribution is 2.18. The number of halogens is 1. The van der Waals surface area contributed by atoms with Crippen molar-refractivity contribution in [2.45, 2.75) is 4.90 Å². The summed E-state index contributed by atoms with van der Waals surface area (Å²) in [7, 11) is 1.37. The van der Waals surface area contributed by atoms with E-state index in [1.165, 1.54) is 25.3 Å². The Morgan fingerprint density at radius 1 is 1.19 bits per heavy atom. The topological polar surface area (TPSA) is 64.6 Å². The Morgan fingerprint density at radius 3 is 2.67 bits per heavy atom. The van der Waals surface area contributed by atoms with Crippen LogP contribution in [0.2, 0.25) is 0 Å². The smallest absolute Gasteiger partial charge is 0.331 e. The van der Waals surface area contributed by atoms with E-state index in [0.29, 0.717) is 17.9 Å². The lowest BCUT2D eigenvalue weighted by Gasteiger charge is -2.05. The van der Waals surface area contributed by atoms with Gasteiger partial charge in [-0.3, -0.25) is 4.79 Å². The Balaban J connectivity index is 1.65. The average Bonchev–Trinajstić information content (AvgIpc) is 2.69. The first-order valence-electron chi connectivity index (χ1n) is 8.21. The van der Waals surface area contributed by atoms with Gasteiger partial charge in [-0.25, -0.2) is 9.18 Å². The first kappa shape index (κ1) is 20.5.